The molecule has 0 spiro atoms. The van der Waals surface area contributed by atoms with Gasteiger partial charge in [-0.1, -0.05) is 269 Å². The van der Waals surface area contributed by atoms with Crippen molar-refractivity contribution in [2.24, 2.45) is 0 Å². The van der Waals surface area contributed by atoms with Crippen LogP contribution in [0, 0.1) is 27.7 Å². The van der Waals surface area contributed by atoms with Crippen LogP contribution in [0.5, 0.6) is 0 Å². The van der Waals surface area contributed by atoms with Crippen LogP contribution in [-0.4, -0.2) is 0 Å². The summed E-state index contributed by atoms with van der Waals surface area (Å²) in [7, 11) is 0. The lowest BCUT2D eigenvalue weighted by Crippen LogP contribution is -2.43. The minimum absolute atomic E-state index is 0.199. The Morgan fingerprint density at radius 3 is 1.25 bits per heavy atom. The molecule has 13 aromatic carbocycles. The first-order valence-corrected chi connectivity index (χ1v) is 35.9. The molecule has 0 radical (unpaired) electrons. The summed E-state index contributed by atoms with van der Waals surface area (Å²) in [5, 5.41) is 4.11. The van der Waals surface area contributed by atoms with E-state index in [1.807, 2.05) is 12.2 Å². The van der Waals surface area contributed by atoms with Crippen molar-refractivity contribution in [1.82, 2.24) is 0 Å². The van der Waals surface area contributed by atoms with Crippen molar-refractivity contribution in [3.8, 4) is 61.3 Å². The van der Waals surface area contributed by atoms with Crippen molar-refractivity contribution in [2.75, 3.05) is 10.2 Å². The molecule has 0 saturated heterocycles. The molecule has 1 N–H and O–H groups in total. The Labute approximate surface area is 600 Å². The number of anilines is 5. The predicted molar refractivity (Wildman–Crippen MR) is 427 cm³/mol. The summed E-state index contributed by atoms with van der Waals surface area (Å²) < 4.78 is 2.49. The Morgan fingerprint density at radius 1 is 0.324 bits per heavy atom. The minimum atomic E-state index is -0.613. The van der Waals surface area contributed by atoms with Gasteiger partial charge in [-0.2, -0.15) is 4.57 Å². The molecular weight excluding hydrogens is 1230 g/mol. The number of hydrogen-bond donors (Lipinski definition) is 1. The van der Waals surface area contributed by atoms with Gasteiger partial charge in [-0.3, -0.25) is 0 Å². The zero-order valence-electron chi connectivity index (χ0n) is 59.3. The fraction of sp³-hybridized carbons (Fsp3) is 0.121. The lowest BCUT2D eigenvalue weighted by Gasteiger charge is -2.36. The van der Waals surface area contributed by atoms with E-state index in [9.17, 15) is 0 Å². The van der Waals surface area contributed by atoms with E-state index in [0.29, 0.717) is 0 Å². The summed E-state index contributed by atoms with van der Waals surface area (Å²) in [6, 6.07) is 113. The van der Waals surface area contributed by atoms with Gasteiger partial charge >= 0.3 is 0 Å². The number of pyridine rings is 1. The van der Waals surface area contributed by atoms with E-state index in [-0.39, 0.29) is 10.8 Å². The maximum atomic E-state index is 4.16. The Kier molecular flexibility index (Phi) is 14.3. The van der Waals surface area contributed by atoms with Crippen LogP contribution in [0.4, 0.5) is 28.6 Å². The third kappa shape index (κ3) is 9.16. The van der Waals surface area contributed by atoms with Gasteiger partial charge in [-0.15, -0.1) is 0 Å². The molecule has 3 heteroatoms. The number of nitrogens with one attached hydrogen (secondary N) is 1. The van der Waals surface area contributed by atoms with E-state index < -0.39 is 10.8 Å². The highest BCUT2D eigenvalue weighted by molar-refractivity contribution is 5.93. The second-order valence-electron chi connectivity index (χ2n) is 29.8. The number of aromatic nitrogens is 1. The Hall–Kier alpha value is -11.9. The SMILES string of the molecule is C=Cc1ccc(C2(c3cc(C)ccc3C)c3ccccc3-c3ccc(Nc4ccc5c([n+]4-c4ccc(-c6ccc(N(c7ccc8c(c7)C(C)(C)c7ccccc7-8)c7ccc8c(c7)C(c7ccc(C=C)cc7)(c7cc(C)ccc7C)c7ccccc7-8)cc6)cc4)C(C)(C)c4ccccc4-5)cc32)cc1. The highest BCUT2D eigenvalue weighted by atomic mass is 15.1. The van der Waals surface area contributed by atoms with Gasteiger partial charge in [-0.05, 0) is 248 Å². The zero-order valence-corrected chi connectivity index (χ0v) is 59.3. The summed E-state index contributed by atoms with van der Waals surface area (Å²) in [5.74, 6) is 0.987. The zero-order chi connectivity index (χ0) is 69.6. The molecule has 1 heterocycles. The van der Waals surface area contributed by atoms with Gasteiger partial charge in [0.1, 0.15) is 17.1 Å². The average molecular weight is 1310 g/mol. The van der Waals surface area contributed by atoms with Gasteiger partial charge in [0, 0.05) is 34.1 Å². The molecule has 0 bridgehead atoms. The van der Waals surface area contributed by atoms with Crippen LogP contribution in [0.1, 0.15) is 128 Å². The number of aryl methyl sites for hydroxylation is 4. The van der Waals surface area contributed by atoms with Crippen molar-refractivity contribution in [3.63, 3.8) is 0 Å². The topological polar surface area (TPSA) is 19.1 Å². The summed E-state index contributed by atoms with van der Waals surface area (Å²) in [5.41, 5.74) is 38.7. The third-order valence-electron chi connectivity index (χ3n) is 23.4. The molecule has 2 unspecified atom stereocenters. The molecule has 102 heavy (non-hydrogen) atoms. The number of benzene rings is 13. The van der Waals surface area contributed by atoms with E-state index in [1.54, 1.807) is 0 Å². The smallest absolute Gasteiger partial charge is 0.284 e. The fourth-order valence-corrected chi connectivity index (χ4v) is 18.5. The lowest BCUT2D eigenvalue weighted by molar-refractivity contribution is -0.591. The Morgan fingerprint density at radius 2 is 0.725 bits per heavy atom. The van der Waals surface area contributed by atoms with E-state index in [2.05, 4.69) is 381 Å². The Balaban J connectivity index is 0.762. The molecule has 0 fully saturated rings. The third-order valence-corrected chi connectivity index (χ3v) is 23.4. The molecule has 18 rings (SSSR count). The van der Waals surface area contributed by atoms with Gasteiger partial charge in [0.05, 0.1) is 16.2 Å². The minimum Gasteiger partial charge on any atom is -0.310 e. The van der Waals surface area contributed by atoms with Crippen molar-refractivity contribution in [2.45, 2.75) is 77.0 Å². The molecule has 1 aromatic heterocycles. The predicted octanol–water partition coefficient (Wildman–Crippen LogP) is 24.7. The first-order chi connectivity index (χ1) is 49.6. The summed E-state index contributed by atoms with van der Waals surface area (Å²) in [6.45, 7) is 26.8. The molecule has 4 aliphatic carbocycles. The van der Waals surface area contributed by atoms with E-state index in [4.69, 9.17) is 0 Å². The second-order valence-corrected chi connectivity index (χ2v) is 29.8. The number of nitrogens with zero attached hydrogens (tertiary/aromatic N) is 2. The quantitative estimate of drug-likeness (QED) is 0.116. The molecule has 2 atom stereocenters. The molecule has 490 valence electrons. The van der Waals surface area contributed by atoms with Crippen molar-refractivity contribution in [1.29, 1.82) is 0 Å². The van der Waals surface area contributed by atoms with Crippen LogP contribution in [0.15, 0.2) is 310 Å². The number of hydrogen-bond acceptors (Lipinski definition) is 2. The summed E-state index contributed by atoms with van der Waals surface area (Å²) in [4.78, 5) is 2.49. The van der Waals surface area contributed by atoms with Gasteiger partial charge in [0.2, 0.25) is 0 Å². The highest BCUT2D eigenvalue weighted by Crippen LogP contribution is 2.61. The lowest BCUT2D eigenvalue weighted by atomic mass is 9.66. The molecule has 0 aliphatic heterocycles. The second kappa shape index (κ2) is 23.3. The van der Waals surface area contributed by atoms with Gasteiger partial charge < -0.3 is 4.90 Å². The Bertz CT molecular complexity index is 5800. The normalized spacial score (nSPS) is 16.4. The van der Waals surface area contributed by atoms with Gasteiger partial charge in [-0.25, -0.2) is 5.32 Å². The van der Waals surface area contributed by atoms with Crippen LogP contribution in [0.3, 0.4) is 0 Å². The van der Waals surface area contributed by atoms with Gasteiger partial charge in [0.25, 0.3) is 5.82 Å². The molecular formula is C99H80N3+. The monoisotopic (exact) mass is 1310 g/mol. The molecule has 14 aromatic rings. The van der Waals surface area contributed by atoms with Gasteiger partial charge in [0.15, 0.2) is 0 Å². The van der Waals surface area contributed by atoms with Crippen molar-refractivity contribution >= 4 is 40.7 Å². The van der Waals surface area contributed by atoms with E-state index in [0.717, 1.165) is 56.5 Å². The van der Waals surface area contributed by atoms with Crippen molar-refractivity contribution < 1.29 is 4.57 Å². The van der Waals surface area contributed by atoms with Crippen LogP contribution >= 0.6 is 0 Å². The summed E-state index contributed by atoms with van der Waals surface area (Å²) in [6.07, 6.45) is 3.88. The molecule has 4 aliphatic rings. The first-order valence-electron chi connectivity index (χ1n) is 35.9. The standard InChI is InChI=1S/C99H79N3/c1-11-66-33-41-70(42-34-66)98(89-57-62(3)29-31-64(89)5)87-27-19-15-22-78(87)82-52-45-72(59-92(82)98)100-94-56-55-84-80-24-14-18-26-86(80)97(9,10)95(84)102(94)74-48-39-69(40-49-74)68-37-46-73(47-38-68)101(75-50-53-81-77-21-13-17-25-85(77)96(7,8)91(81)60-75)76-51-54-83-79-23-16-20-28-88(79)99(93(83)61-76,71-43-35-67(12-2)36-44-71)90-58-63(4)30-32-65(90)6/h11-61H,1-2H2,3-10H3/p+1. The van der Waals surface area contributed by atoms with E-state index in [1.165, 1.54) is 134 Å². The highest BCUT2D eigenvalue weighted by Gasteiger charge is 2.50. The fourth-order valence-electron chi connectivity index (χ4n) is 18.5. The van der Waals surface area contributed by atoms with Crippen LogP contribution in [0.2, 0.25) is 0 Å². The average Bonchev–Trinajstić information content (AvgIpc) is 1.53. The summed E-state index contributed by atoms with van der Waals surface area (Å²) >= 11 is 0. The van der Waals surface area contributed by atoms with Crippen LogP contribution < -0.4 is 14.8 Å². The first kappa shape index (κ1) is 62.4. The van der Waals surface area contributed by atoms with Crippen molar-refractivity contribution in [3.05, 3.63) is 411 Å². The maximum absolute atomic E-state index is 4.16. The van der Waals surface area contributed by atoms with Crippen LogP contribution in [0.25, 0.3) is 73.5 Å². The molecule has 0 saturated carbocycles. The number of fused-ring (bicyclic) bond motifs is 12. The van der Waals surface area contributed by atoms with E-state index >= 15 is 0 Å². The van der Waals surface area contributed by atoms with Crippen LogP contribution in [-0.2, 0) is 21.7 Å². The molecule has 0 amide bonds. The molecule has 3 nitrogen and oxygen atoms in total. The largest absolute Gasteiger partial charge is 0.310 e. The number of rotatable bonds is 13. The maximum Gasteiger partial charge on any atom is 0.284 e.